The maximum absolute atomic E-state index is 11.9. The molecule has 0 spiro atoms. The van der Waals surface area contributed by atoms with Crippen molar-refractivity contribution in [1.29, 1.82) is 0 Å². The number of thiophene rings is 1. The standard InChI is InChI=1S/C21H17N3O6S/c1-14-4-9-18(17(11-14)24(27)28)29-13-20(25)23-22-12-15-5-7-16(8-6-15)30-21(26)19-3-2-10-31-19/h2-12H,13H2,1H3,(H,23,25)/b22-12-. The summed E-state index contributed by atoms with van der Waals surface area (Å²) in [4.78, 5) is 34.8. The number of benzene rings is 2. The molecule has 0 aliphatic heterocycles. The molecular weight excluding hydrogens is 422 g/mol. The number of aryl methyl sites for hydroxylation is 1. The van der Waals surface area contributed by atoms with E-state index in [1.54, 1.807) is 54.8 Å². The highest BCUT2D eigenvalue weighted by Gasteiger charge is 2.16. The Labute approximate surface area is 181 Å². The minimum Gasteiger partial charge on any atom is -0.477 e. The monoisotopic (exact) mass is 439 g/mol. The van der Waals surface area contributed by atoms with Crippen LogP contribution in [0.15, 0.2) is 65.1 Å². The molecule has 0 atom stereocenters. The lowest BCUT2D eigenvalue weighted by Gasteiger charge is -2.06. The number of nitrogens with zero attached hydrogens (tertiary/aromatic N) is 2. The summed E-state index contributed by atoms with van der Waals surface area (Å²) in [5.74, 6) is -0.625. The molecule has 0 fully saturated rings. The van der Waals surface area contributed by atoms with Crippen LogP contribution in [-0.4, -0.2) is 29.6 Å². The van der Waals surface area contributed by atoms with Gasteiger partial charge in [-0.2, -0.15) is 5.10 Å². The Hall–Kier alpha value is -4.05. The second kappa shape index (κ2) is 10.1. The third-order valence-electron chi connectivity index (χ3n) is 3.89. The summed E-state index contributed by atoms with van der Waals surface area (Å²) < 4.78 is 10.5. The van der Waals surface area contributed by atoms with Crippen molar-refractivity contribution in [3.05, 3.63) is 86.1 Å². The van der Waals surface area contributed by atoms with Crippen molar-refractivity contribution in [3.63, 3.8) is 0 Å². The average Bonchev–Trinajstić information content (AvgIpc) is 3.29. The van der Waals surface area contributed by atoms with Gasteiger partial charge >= 0.3 is 11.7 Å². The number of hydrogen-bond donors (Lipinski definition) is 1. The van der Waals surface area contributed by atoms with E-state index >= 15 is 0 Å². The summed E-state index contributed by atoms with van der Waals surface area (Å²) in [7, 11) is 0. The fourth-order valence-corrected chi connectivity index (χ4v) is 3.02. The van der Waals surface area contributed by atoms with Crippen LogP contribution < -0.4 is 14.9 Å². The quantitative estimate of drug-likeness (QED) is 0.188. The molecule has 2 aromatic carbocycles. The van der Waals surface area contributed by atoms with Crippen LogP contribution >= 0.6 is 11.3 Å². The highest BCUT2D eigenvalue weighted by molar-refractivity contribution is 7.12. The number of hydrogen-bond acceptors (Lipinski definition) is 8. The predicted molar refractivity (Wildman–Crippen MR) is 115 cm³/mol. The third kappa shape index (κ3) is 6.21. The zero-order valence-corrected chi connectivity index (χ0v) is 17.1. The van der Waals surface area contributed by atoms with Gasteiger partial charge in [-0.15, -0.1) is 11.3 Å². The normalized spacial score (nSPS) is 10.6. The molecule has 3 rings (SSSR count). The largest absolute Gasteiger partial charge is 0.477 e. The molecule has 3 aromatic rings. The zero-order valence-electron chi connectivity index (χ0n) is 16.3. The van der Waals surface area contributed by atoms with E-state index in [0.29, 0.717) is 21.8 Å². The second-order valence-corrected chi connectivity index (χ2v) is 7.19. The summed E-state index contributed by atoms with van der Waals surface area (Å²) in [6.45, 7) is 1.29. The Morgan fingerprint density at radius 3 is 2.65 bits per heavy atom. The van der Waals surface area contributed by atoms with Crippen LogP contribution in [0.2, 0.25) is 0 Å². The minimum atomic E-state index is -0.576. The first-order valence-electron chi connectivity index (χ1n) is 8.98. The summed E-state index contributed by atoms with van der Waals surface area (Å²) in [5.41, 5.74) is 3.43. The van der Waals surface area contributed by atoms with Crippen LogP contribution in [0.1, 0.15) is 20.8 Å². The Morgan fingerprint density at radius 2 is 1.97 bits per heavy atom. The van der Waals surface area contributed by atoms with Crippen molar-refractivity contribution in [2.24, 2.45) is 5.10 Å². The van der Waals surface area contributed by atoms with Gasteiger partial charge in [0.1, 0.15) is 10.6 Å². The Kier molecular flexibility index (Phi) is 7.07. The van der Waals surface area contributed by atoms with Gasteiger partial charge in [-0.3, -0.25) is 14.9 Å². The highest BCUT2D eigenvalue weighted by atomic mass is 32.1. The maximum atomic E-state index is 11.9. The molecule has 0 aliphatic carbocycles. The highest BCUT2D eigenvalue weighted by Crippen LogP contribution is 2.27. The van der Waals surface area contributed by atoms with Crippen LogP contribution in [0, 0.1) is 17.0 Å². The van der Waals surface area contributed by atoms with Gasteiger partial charge in [0.2, 0.25) is 0 Å². The SMILES string of the molecule is Cc1ccc(OCC(=O)N/N=C\c2ccc(OC(=O)c3cccs3)cc2)c([N+](=O)[O-])c1. The number of rotatable bonds is 8. The van der Waals surface area contributed by atoms with Gasteiger partial charge < -0.3 is 9.47 Å². The maximum Gasteiger partial charge on any atom is 0.353 e. The summed E-state index contributed by atoms with van der Waals surface area (Å²) >= 11 is 1.29. The van der Waals surface area contributed by atoms with Gasteiger partial charge in [-0.25, -0.2) is 10.2 Å². The van der Waals surface area contributed by atoms with Gasteiger partial charge in [0.25, 0.3) is 5.91 Å². The predicted octanol–water partition coefficient (Wildman–Crippen LogP) is 3.71. The molecule has 0 saturated carbocycles. The smallest absolute Gasteiger partial charge is 0.353 e. The molecule has 0 radical (unpaired) electrons. The lowest BCUT2D eigenvalue weighted by atomic mass is 10.2. The van der Waals surface area contributed by atoms with Crippen molar-refractivity contribution >= 4 is 35.1 Å². The summed E-state index contributed by atoms with van der Waals surface area (Å²) in [6.07, 6.45) is 1.40. The van der Waals surface area contributed by atoms with E-state index in [1.165, 1.54) is 29.7 Å². The van der Waals surface area contributed by atoms with E-state index < -0.39 is 23.4 Å². The molecule has 9 nitrogen and oxygen atoms in total. The van der Waals surface area contributed by atoms with E-state index in [9.17, 15) is 19.7 Å². The topological polar surface area (TPSA) is 120 Å². The average molecular weight is 439 g/mol. The van der Waals surface area contributed by atoms with Gasteiger partial charge in [0, 0.05) is 6.07 Å². The molecule has 1 N–H and O–H groups in total. The fraction of sp³-hybridized carbons (Fsp3) is 0.0952. The van der Waals surface area contributed by atoms with E-state index in [-0.39, 0.29) is 11.4 Å². The molecule has 1 heterocycles. The lowest BCUT2D eigenvalue weighted by molar-refractivity contribution is -0.385. The molecule has 1 amide bonds. The zero-order chi connectivity index (χ0) is 22.2. The number of amides is 1. The van der Waals surface area contributed by atoms with Crippen LogP contribution in [0.3, 0.4) is 0 Å². The molecule has 31 heavy (non-hydrogen) atoms. The molecule has 0 saturated heterocycles. The van der Waals surface area contributed by atoms with E-state index in [4.69, 9.17) is 9.47 Å². The molecular formula is C21H17N3O6S. The van der Waals surface area contributed by atoms with Gasteiger partial charge in [-0.1, -0.05) is 12.1 Å². The third-order valence-corrected chi connectivity index (χ3v) is 4.74. The molecule has 0 bridgehead atoms. The number of nitro groups is 1. The lowest BCUT2D eigenvalue weighted by Crippen LogP contribution is -2.24. The first kappa shape index (κ1) is 21.7. The van der Waals surface area contributed by atoms with Crippen molar-refractivity contribution in [1.82, 2.24) is 5.43 Å². The second-order valence-electron chi connectivity index (χ2n) is 6.25. The number of hydrazone groups is 1. The van der Waals surface area contributed by atoms with Crippen molar-refractivity contribution in [2.75, 3.05) is 6.61 Å². The van der Waals surface area contributed by atoms with Crippen LogP contribution in [-0.2, 0) is 4.79 Å². The van der Waals surface area contributed by atoms with Gasteiger partial charge in [0.15, 0.2) is 12.4 Å². The number of carbonyl (C=O) groups excluding carboxylic acids is 2. The number of carbonyl (C=O) groups is 2. The van der Waals surface area contributed by atoms with Crippen molar-refractivity contribution in [3.8, 4) is 11.5 Å². The number of nitrogens with one attached hydrogen (secondary N) is 1. The summed E-state index contributed by atoms with van der Waals surface area (Å²) in [5, 5.41) is 16.7. The Morgan fingerprint density at radius 1 is 1.19 bits per heavy atom. The van der Waals surface area contributed by atoms with Crippen molar-refractivity contribution < 1.29 is 24.0 Å². The van der Waals surface area contributed by atoms with Gasteiger partial charge in [0.05, 0.1) is 11.1 Å². The molecule has 0 unspecified atom stereocenters. The number of nitro benzene ring substituents is 1. The van der Waals surface area contributed by atoms with E-state index in [2.05, 4.69) is 10.5 Å². The first-order valence-corrected chi connectivity index (χ1v) is 9.86. The Balaban J connectivity index is 1.48. The summed E-state index contributed by atoms with van der Waals surface area (Å²) in [6, 6.07) is 14.4. The molecule has 10 heteroatoms. The molecule has 158 valence electrons. The van der Waals surface area contributed by atoms with Crippen LogP contribution in [0.25, 0.3) is 0 Å². The molecule has 0 aliphatic rings. The Bertz CT molecular complexity index is 1110. The van der Waals surface area contributed by atoms with Crippen molar-refractivity contribution in [2.45, 2.75) is 6.92 Å². The number of ether oxygens (including phenoxy) is 2. The first-order chi connectivity index (χ1) is 14.9. The van der Waals surface area contributed by atoms with Crippen LogP contribution in [0.5, 0.6) is 11.5 Å². The van der Waals surface area contributed by atoms with E-state index in [0.717, 1.165) is 0 Å². The number of esters is 1. The minimum absolute atomic E-state index is 0.00224. The fourth-order valence-electron chi connectivity index (χ4n) is 2.42. The molecule has 1 aromatic heterocycles. The van der Waals surface area contributed by atoms with Gasteiger partial charge in [-0.05, 0) is 59.8 Å². The van der Waals surface area contributed by atoms with E-state index in [1.807, 2.05) is 0 Å². The van der Waals surface area contributed by atoms with Crippen LogP contribution in [0.4, 0.5) is 5.69 Å².